The van der Waals surface area contributed by atoms with Crippen molar-refractivity contribution < 1.29 is 0 Å². The molecule has 3 rings (SSSR count). The molecule has 0 bridgehead atoms. The molecule has 0 amide bonds. The number of benzene rings is 2. The number of thiocarbonyl (C=S) groups is 1. The van der Waals surface area contributed by atoms with Gasteiger partial charge in [-0.25, -0.2) is 5.01 Å². The van der Waals surface area contributed by atoms with Crippen molar-refractivity contribution in [1.29, 1.82) is 0 Å². The third kappa shape index (κ3) is 3.83. The van der Waals surface area contributed by atoms with E-state index < -0.39 is 0 Å². The highest BCUT2D eigenvalue weighted by Crippen LogP contribution is 2.22. The van der Waals surface area contributed by atoms with Crippen molar-refractivity contribution in [1.82, 2.24) is 5.01 Å². The van der Waals surface area contributed by atoms with Gasteiger partial charge in [0.05, 0.1) is 12.3 Å². The maximum atomic E-state index is 5.94. The number of hydrogen-bond acceptors (Lipinski definition) is 2. The van der Waals surface area contributed by atoms with E-state index in [1.807, 2.05) is 53.5 Å². The number of rotatable bonds is 2. The summed E-state index contributed by atoms with van der Waals surface area (Å²) in [6, 6.07) is 15.1. The Balaban J connectivity index is 1.74. The van der Waals surface area contributed by atoms with E-state index in [9.17, 15) is 0 Å². The predicted octanol–water partition coefficient (Wildman–Crippen LogP) is 5.05. The molecule has 0 aromatic heterocycles. The van der Waals surface area contributed by atoms with E-state index in [0.29, 0.717) is 16.1 Å². The van der Waals surface area contributed by atoms with Crippen molar-refractivity contribution in [3.63, 3.8) is 0 Å². The normalized spacial score (nSPS) is 17.1. The number of nitrogens with zero attached hydrogens (tertiary/aromatic N) is 2. The quantitative estimate of drug-likeness (QED) is 0.756. The minimum Gasteiger partial charge on any atom is -0.331 e. The number of anilines is 1. The maximum absolute atomic E-state index is 5.94. The molecule has 2 aromatic rings. The highest BCUT2D eigenvalue weighted by Gasteiger charge is 2.26. The number of hydrazone groups is 1. The van der Waals surface area contributed by atoms with E-state index in [1.165, 1.54) is 0 Å². The molecule has 2 aromatic carbocycles. The second kappa shape index (κ2) is 6.87. The van der Waals surface area contributed by atoms with Gasteiger partial charge in [0.15, 0.2) is 5.11 Å². The first-order valence-electron chi connectivity index (χ1n) is 7.21. The average molecular weight is 364 g/mol. The Morgan fingerprint density at radius 3 is 2.26 bits per heavy atom. The van der Waals surface area contributed by atoms with Crippen molar-refractivity contribution in [2.75, 3.05) is 11.9 Å². The summed E-state index contributed by atoms with van der Waals surface area (Å²) in [4.78, 5) is 0. The standard InChI is InChI=1S/C17H15Cl2N3S/c1-11-10-22(17(23)20-15-8-6-14(19)7-9-15)21-16(11)12-2-4-13(18)5-3-12/h2-9,11H,10H2,1H3,(H,20,23). The lowest BCUT2D eigenvalue weighted by atomic mass is 10.00. The molecular weight excluding hydrogens is 349 g/mol. The van der Waals surface area contributed by atoms with Crippen LogP contribution in [0.3, 0.4) is 0 Å². The highest BCUT2D eigenvalue weighted by atomic mass is 35.5. The zero-order chi connectivity index (χ0) is 16.4. The van der Waals surface area contributed by atoms with Gasteiger partial charge in [0.25, 0.3) is 0 Å². The fourth-order valence-electron chi connectivity index (χ4n) is 2.43. The van der Waals surface area contributed by atoms with Crippen LogP contribution in [0.25, 0.3) is 0 Å². The van der Waals surface area contributed by atoms with Crippen LogP contribution in [0.15, 0.2) is 53.6 Å². The van der Waals surface area contributed by atoms with Gasteiger partial charge in [-0.2, -0.15) is 5.10 Å². The lowest BCUT2D eigenvalue weighted by Gasteiger charge is -2.17. The van der Waals surface area contributed by atoms with Crippen LogP contribution in [0, 0.1) is 5.92 Å². The monoisotopic (exact) mass is 363 g/mol. The van der Waals surface area contributed by atoms with Gasteiger partial charge in [-0.1, -0.05) is 42.3 Å². The lowest BCUT2D eigenvalue weighted by Crippen LogP contribution is -2.29. The molecule has 1 N–H and O–H groups in total. The molecule has 3 nitrogen and oxygen atoms in total. The number of halogens is 2. The van der Waals surface area contributed by atoms with Crippen molar-refractivity contribution in [2.45, 2.75) is 6.92 Å². The van der Waals surface area contributed by atoms with E-state index in [1.54, 1.807) is 0 Å². The molecule has 1 heterocycles. The summed E-state index contributed by atoms with van der Waals surface area (Å²) in [5, 5.41) is 11.6. The Kier molecular flexibility index (Phi) is 4.85. The van der Waals surface area contributed by atoms with Crippen molar-refractivity contribution in [3.8, 4) is 0 Å². The van der Waals surface area contributed by atoms with Crippen LogP contribution in [-0.4, -0.2) is 22.4 Å². The highest BCUT2D eigenvalue weighted by molar-refractivity contribution is 7.80. The van der Waals surface area contributed by atoms with Gasteiger partial charge in [0.2, 0.25) is 0 Å². The minimum absolute atomic E-state index is 0.293. The summed E-state index contributed by atoms with van der Waals surface area (Å²) in [6.07, 6.45) is 0. The van der Waals surface area contributed by atoms with Gasteiger partial charge >= 0.3 is 0 Å². The zero-order valence-electron chi connectivity index (χ0n) is 12.5. The molecule has 1 aliphatic heterocycles. The minimum atomic E-state index is 0.293. The maximum Gasteiger partial charge on any atom is 0.194 e. The molecule has 23 heavy (non-hydrogen) atoms. The smallest absolute Gasteiger partial charge is 0.194 e. The Morgan fingerprint density at radius 2 is 1.65 bits per heavy atom. The first kappa shape index (κ1) is 16.2. The summed E-state index contributed by atoms with van der Waals surface area (Å²) in [5.41, 5.74) is 2.97. The molecule has 118 valence electrons. The lowest BCUT2D eigenvalue weighted by molar-refractivity contribution is 0.463. The van der Waals surface area contributed by atoms with Gasteiger partial charge in [-0.05, 0) is 54.2 Å². The molecule has 1 unspecified atom stereocenters. The summed E-state index contributed by atoms with van der Waals surface area (Å²) in [6.45, 7) is 2.88. The second-order valence-electron chi connectivity index (χ2n) is 5.41. The Bertz CT molecular complexity index is 741. The van der Waals surface area contributed by atoms with E-state index in [0.717, 1.165) is 28.5 Å². The third-order valence-electron chi connectivity index (χ3n) is 3.61. The first-order valence-corrected chi connectivity index (χ1v) is 8.38. The van der Waals surface area contributed by atoms with Crippen molar-refractivity contribution in [2.24, 2.45) is 11.0 Å². The molecule has 1 aliphatic rings. The molecule has 0 radical (unpaired) electrons. The van der Waals surface area contributed by atoms with Crippen LogP contribution in [0.4, 0.5) is 5.69 Å². The predicted molar refractivity (Wildman–Crippen MR) is 102 cm³/mol. The second-order valence-corrected chi connectivity index (χ2v) is 6.67. The van der Waals surface area contributed by atoms with Crippen LogP contribution < -0.4 is 5.32 Å². The van der Waals surface area contributed by atoms with Crippen LogP contribution in [0.2, 0.25) is 10.0 Å². The Labute approximate surface area is 150 Å². The van der Waals surface area contributed by atoms with Gasteiger partial charge in [0, 0.05) is 21.7 Å². The Morgan fingerprint density at radius 1 is 1.09 bits per heavy atom. The van der Waals surface area contributed by atoms with Crippen LogP contribution >= 0.6 is 35.4 Å². The molecule has 6 heteroatoms. The van der Waals surface area contributed by atoms with Gasteiger partial charge in [-0.3, -0.25) is 0 Å². The zero-order valence-corrected chi connectivity index (χ0v) is 14.8. The summed E-state index contributed by atoms with van der Waals surface area (Å²) >= 11 is 17.3. The van der Waals surface area contributed by atoms with Crippen LogP contribution in [0.5, 0.6) is 0 Å². The fourth-order valence-corrected chi connectivity index (χ4v) is 2.91. The third-order valence-corrected chi connectivity index (χ3v) is 4.43. The first-order chi connectivity index (χ1) is 11.0. The molecule has 1 atom stereocenters. The SMILES string of the molecule is CC1CN(C(=S)Nc2ccc(Cl)cc2)N=C1c1ccc(Cl)cc1. The topological polar surface area (TPSA) is 27.6 Å². The van der Waals surface area contributed by atoms with Gasteiger partial charge < -0.3 is 5.32 Å². The van der Waals surface area contributed by atoms with E-state index in [2.05, 4.69) is 17.3 Å². The Hall–Kier alpha value is -1.62. The summed E-state index contributed by atoms with van der Waals surface area (Å²) in [7, 11) is 0. The van der Waals surface area contributed by atoms with Gasteiger partial charge in [0.1, 0.15) is 0 Å². The van der Waals surface area contributed by atoms with Crippen LogP contribution in [0.1, 0.15) is 12.5 Å². The van der Waals surface area contributed by atoms with Crippen molar-refractivity contribution >= 4 is 51.9 Å². The molecule has 0 fully saturated rings. The number of nitrogens with one attached hydrogen (secondary N) is 1. The van der Waals surface area contributed by atoms with Crippen LogP contribution in [-0.2, 0) is 0 Å². The fraction of sp³-hybridized carbons (Fsp3) is 0.176. The van der Waals surface area contributed by atoms with E-state index >= 15 is 0 Å². The summed E-state index contributed by atoms with van der Waals surface area (Å²) < 4.78 is 0. The molecule has 0 spiro atoms. The molecule has 0 aliphatic carbocycles. The molecular formula is C17H15Cl2N3S. The largest absolute Gasteiger partial charge is 0.331 e. The molecule has 0 saturated carbocycles. The van der Waals surface area contributed by atoms with Gasteiger partial charge in [-0.15, -0.1) is 0 Å². The average Bonchev–Trinajstić information content (AvgIpc) is 2.92. The number of hydrogen-bond donors (Lipinski definition) is 1. The summed E-state index contributed by atoms with van der Waals surface area (Å²) in [5.74, 6) is 0.293. The van der Waals surface area contributed by atoms with E-state index in [4.69, 9.17) is 35.4 Å². The van der Waals surface area contributed by atoms with E-state index in [-0.39, 0.29) is 0 Å². The molecule has 0 saturated heterocycles. The van der Waals surface area contributed by atoms with Crippen molar-refractivity contribution in [3.05, 3.63) is 64.1 Å².